The fourth-order valence-electron chi connectivity index (χ4n) is 3.77. The molecule has 3 nitrogen and oxygen atoms in total. The number of nitrogens with zero attached hydrogens (tertiary/aromatic N) is 3. The Morgan fingerprint density at radius 3 is 0.612 bits per heavy atom. The summed E-state index contributed by atoms with van der Waals surface area (Å²) < 4.78 is 239. The first kappa shape index (κ1) is 39.7. The smallest absolute Gasteiger partial charge is 0.416 e. The van der Waals surface area contributed by atoms with Gasteiger partial charge in [0, 0.05) is 0 Å². The molecule has 0 atom stereocenters. The summed E-state index contributed by atoms with van der Waals surface area (Å²) in [4.78, 5) is 0. The van der Waals surface area contributed by atoms with Crippen molar-refractivity contribution in [2.24, 2.45) is 0 Å². The molecule has 0 aromatic heterocycles. The van der Waals surface area contributed by atoms with Crippen LogP contribution < -0.4 is 0 Å². The number of benzene rings is 3. The lowest BCUT2D eigenvalue weighted by atomic mass is 10.1. The Labute approximate surface area is 264 Å². The van der Waals surface area contributed by atoms with Gasteiger partial charge in [0.15, 0.2) is 0 Å². The summed E-state index contributed by atoms with van der Waals surface area (Å²) in [6.07, 6.45) is -34.6. The largest absolute Gasteiger partial charge is 0.681 e. The molecule has 0 radical (unpaired) electrons. The lowest BCUT2D eigenvalue weighted by molar-refractivity contribution is -0.144. The molecule has 0 N–H and O–H groups in total. The van der Waals surface area contributed by atoms with E-state index in [1.807, 2.05) is 0 Å². The van der Waals surface area contributed by atoms with Crippen molar-refractivity contribution < 1.29 is 79.0 Å². The van der Waals surface area contributed by atoms with Gasteiger partial charge in [-0.25, -0.2) is 0 Å². The van der Waals surface area contributed by atoms with Gasteiger partial charge < -0.3 is 16.0 Å². The molecule has 3 aromatic carbocycles. The van der Waals surface area contributed by atoms with Gasteiger partial charge in [0.05, 0.1) is 33.4 Å². The van der Waals surface area contributed by atoms with Crippen LogP contribution in [0, 0.1) is 0 Å². The maximum atomic E-state index is 13.3. The van der Waals surface area contributed by atoms with Gasteiger partial charge in [0.25, 0.3) is 0 Å². The number of rotatable bonds is 9. The van der Waals surface area contributed by atoms with Crippen molar-refractivity contribution in [2.75, 3.05) is 18.9 Å². The molecule has 0 heterocycles. The number of hydrogen-bond donors (Lipinski definition) is 0. The topological polar surface area (TPSA) is 42.3 Å². The van der Waals surface area contributed by atoms with E-state index in [4.69, 9.17) is 0 Å². The molecular weight excluding hydrogens is 739 g/mol. The molecule has 0 aliphatic rings. The normalized spacial score (nSPS) is 13.5. The molecule has 0 aliphatic heterocycles. The molecule has 0 amide bonds. The van der Waals surface area contributed by atoms with E-state index in [0.717, 1.165) is 0 Å². The molecule has 272 valence electrons. The molecule has 22 heteroatoms. The average Bonchev–Trinajstić information content (AvgIpc) is 2.93. The monoisotopic (exact) mass is 754 g/mol. The Bertz CT molecular complexity index is 1320. The van der Waals surface area contributed by atoms with Crippen molar-refractivity contribution in [3.63, 3.8) is 0 Å². The van der Waals surface area contributed by atoms with E-state index in [9.17, 15) is 79.0 Å². The van der Waals surface area contributed by atoms with Gasteiger partial charge >= 0.3 is 37.1 Å². The molecule has 49 heavy (non-hydrogen) atoms. The van der Waals surface area contributed by atoms with Gasteiger partial charge in [-0.15, -0.1) is 35.9 Å². The predicted octanol–water partition coefficient (Wildman–Crippen LogP) is 13.6. The molecule has 3 rings (SSSR count). The number of hydrogen-bond acceptors (Lipinski definition) is 0. The maximum Gasteiger partial charge on any atom is 0.416 e. The van der Waals surface area contributed by atoms with E-state index >= 15 is 0 Å². The minimum atomic E-state index is -5.32. The fourth-order valence-corrected chi connectivity index (χ4v) is 5.13. The van der Waals surface area contributed by atoms with Crippen LogP contribution in [0.4, 0.5) is 96.1 Å². The summed E-state index contributed by atoms with van der Waals surface area (Å²) >= 11 is 0. The molecule has 0 fully saturated rings. The second kappa shape index (κ2) is 13.9. The minimum absolute atomic E-state index is 0.169. The van der Waals surface area contributed by atoms with E-state index in [1.165, 1.54) is 0 Å². The standard InChI is InChI=1S/C27H15F18N3P/c28-22(29,30)13-1-14(23(31,32)33)5-19(4-13)46-10-49(11-47-20-6-15(24(34,35)36)2-16(7-20)25(37,38)39)12-48-21-8-17(26(40,41)42)3-18(9-21)27(43,44)45/h1-9H,10-12H2/q-3. The van der Waals surface area contributed by atoms with Crippen LogP contribution in [0.2, 0.25) is 0 Å². The van der Waals surface area contributed by atoms with Crippen LogP contribution in [0.25, 0.3) is 16.0 Å². The molecule has 0 saturated carbocycles. The van der Waals surface area contributed by atoms with Crippen LogP contribution in [0.5, 0.6) is 0 Å². The zero-order valence-corrected chi connectivity index (χ0v) is 24.3. The first-order chi connectivity index (χ1) is 22.0. The van der Waals surface area contributed by atoms with Gasteiger partial charge in [0.2, 0.25) is 0 Å². The van der Waals surface area contributed by atoms with Crippen molar-refractivity contribution in [1.82, 2.24) is 0 Å². The zero-order chi connectivity index (χ0) is 37.4. The average molecular weight is 754 g/mol. The highest BCUT2D eigenvalue weighted by Gasteiger charge is 2.38. The third-order valence-electron chi connectivity index (χ3n) is 6.08. The van der Waals surface area contributed by atoms with Crippen LogP contribution in [-0.4, -0.2) is 18.9 Å². The Kier molecular flexibility index (Phi) is 11.2. The first-order valence-corrected chi connectivity index (χ1v) is 14.6. The summed E-state index contributed by atoms with van der Waals surface area (Å²) in [6.45, 7) is 0. The van der Waals surface area contributed by atoms with Gasteiger partial charge in [-0.1, -0.05) is 36.4 Å². The van der Waals surface area contributed by atoms with Crippen LogP contribution >= 0.6 is 7.92 Å². The molecule has 0 saturated heterocycles. The Morgan fingerprint density at radius 2 is 0.469 bits per heavy atom. The highest BCUT2D eigenvalue weighted by molar-refractivity contribution is 7.58. The van der Waals surface area contributed by atoms with Crippen molar-refractivity contribution in [3.05, 3.63) is 104 Å². The van der Waals surface area contributed by atoms with Crippen molar-refractivity contribution in [3.8, 4) is 0 Å². The van der Waals surface area contributed by atoms with Gasteiger partial charge in [-0.05, 0) is 18.2 Å². The molecule has 0 bridgehead atoms. The highest BCUT2D eigenvalue weighted by atomic mass is 31.1. The molecule has 0 spiro atoms. The number of alkyl halides is 18. The summed E-state index contributed by atoms with van der Waals surface area (Å²) in [5, 5.41) is 10.8. The number of halogens is 18. The Morgan fingerprint density at radius 1 is 0.306 bits per heavy atom. The minimum Gasteiger partial charge on any atom is -0.681 e. The van der Waals surface area contributed by atoms with Gasteiger partial charge in [-0.3, -0.25) is 0 Å². The second-order valence-electron chi connectivity index (χ2n) is 9.86. The van der Waals surface area contributed by atoms with Gasteiger partial charge in [0.1, 0.15) is 0 Å². The van der Waals surface area contributed by atoms with Crippen molar-refractivity contribution in [1.29, 1.82) is 0 Å². The van der Waals surface area contributed by atoms with Crippen molar-refractivity contribution in [2.45, 2.75) is 37.1 Å². The molecular formula is C27H15F18N3P-3. The summed E-state index contributed by atoms with van der Waals surface area (Å²) in [6, 6.07) is 0.274. The third-order valence-corrected chi connectivity index (χ3v) is 7.70. The van der Waals surface area contributed by atoms with E-state index < -0.39 is 114 Å². The van der Waals surface area contributed by atoms with E-state index in [-0.39, 0.29) is 54.6 Å². The molecule has 0 unspecified atom stereocenters. The fraction of sp³-hybridized carbons (Fsp3) is 0.333. The lowest BCUT2D eigenvalue weighted by Crippen LogP contribution is -2.11. The van der Waals surface area contributed by atoms with Crippen LogP contribution in [0.1, 0.15) is 33.4 Å². The van der Waals surface area contributed by atoms with E-state index in [2.05, 4.69) is 16.0 Å². The van der Waals surface area contributed by atoms with Crippen LogP contribution in [0.15, 0.2) is 54.6 Å². The Balaban J connectivity index is 1.99. The SMILES string of the molecule is FC(F)(F)c1cc([N-]CP(C[N-]c2cc(C(F)(F)F)cc(C(F)(F)F)c2)C[N-]c2cc(C(F)(F)F)cc(C(F)(F)F)c2)cc(C(F)(F)F)c1. The van der Waals surface area contributed by atoms with Crippen molar-refractivity contribution >= 4 is 25.0 Å². The molecule has 3 aromatic rings. The maximum absolute atomic E-state index is 13.3. The zero-order valence-electron chi connectivity index (χ0n) is 23.4. The summed E-state index contributed by atoms with van der Waals surface area (Å²) in [7, 11) is -2.35. The summed E-state index contributed by atoms with van der Waals surface area (Å²) in [5.74, 6) is 0. The summed E-state index contributed by atoms with van der Waals surface area (Å²) in [5.41, 5.74) is -13.8. The lowest BCUT2D eigenvalue weighted by Gasteiger charge is -2.40. The van der Waals surface area contributed by atoms with Gasteiger partial charge in [-0.2, -0.15) is 86.9 Å². The second-order valence-corrected chi connectivity index (χ2v) is 12.1. The first-order valence-electron chi connectivity index (χ1n) is 12.7. The van der Waals surface area contributed by atoms with Crippen LogP contribution in [0.3, 0.4) is 0 Å². The van der Waals surface area contributed by atoms with E-state index in [1.54, 1.807) is 0 Å². The predicted molar refractivity (Wildman–Crippen MR) is 140 cm³/mol. The van der Waals surface area contributed by atoms with Crippen LogP contribution in [-0.2, 0) is 37.1 Å². The molecule has 0 aliphatic carbocycles. The third kappa shape index (κ3) is 11.4. The quantitative estimate of drug-likeness (QED) is 0.154. The van der Waals surface area contributed by atoms with E-state index in [0.29, 0.717) is 0 Å². The highest BCUT2D eigenvalue weighted by Crippen LogP contribution is 2.49. The Hall–Kier alpha value is -3.77.